The molecule has 0 aliphatic rings. The van der Waals surface area contributed by atoms with Crippen LogP contribution in [0.2, 0.25) is 0 Å². The molecular weight excluding hydrogens is 308 g/mol. The lowest BCUT2D eigenvalue weighted by atomic mass is 10.0. The molecule has 1 aromatic heterocycles. The molecule has 0 saturated heterocycles. The van der Waals surface area contributed by atoms with Crippen molar-refractivity contribution in [3.8, 4) is 11.3 Å². The Labute approximate surface area is 120 Å². The lowest BCUT2D eigenvalue weighted by Crippen LogP contribution is -2.02. The van der Waals surface area contributed by atoms with Crippen LogP contribution >= 0.6 is 15.9 Å². The molecule has 0 amide bonds. The first-order chi connectivity index (χ1) is 8.95. The first-order valence-electron chi connectivity index (χ1n) is 6.03. The summed E-state index contributed by atoms with van der Waals surface area (Å²) in [7, 11) is 0. The molecule has 0 aliphatic heterocycles. The number of carboxylic acid groups (broad SMARTS) is 1. The standard InChI is InChI=1S/C14H15BrN2O2/c1-4-17-13(11(15)12(16-17)14(18)19)10-7-8(2)5-6-9(10)3/h5-7H,4H2,1-3H3,(H,18,19). The fraction of sp³-hybridized carbons (Fsp3) is 0.286. The van der Waals surface area contributed by atoms with E-state index in [-0.39, 0.29) is 5.69 Å². The maximum absolute atomic E-state index is 11.2. The molecule has 0 unspecified atom stereocenters. The van der Waals surface area contributed by atoms with Gasteiger partial charge in [0.25, 0.3) is 0 Å². The minimum Gasteiger partial charge on any atom is -0.476 e. The van der Waals surface area contributed by atoms with Gasteiger partial charge in [0.15, 0.2) is 5.69 Å². The van der Waals surface area contributed by atoms with Crippen molar-refractivity contribution in [2.45, 2.75) is 27.3 Å². The van der Waals surface area contributed by atoms with Crippen LogP contribution in [-0.2, 0) is 6.54 Å². The molecule has 2 aromatic rings. The second-order valence-electron chi connectivity index (χ2n) is 4.45. The molecule has 0 aliphatic carbocycles. The Bertz CT molecular complexity index is 647. The molecule has 1 N–H and O–H groups in total. The van der Waals surface area contributed by atoms with E-state index in [1.807, 2.05) is 32.9 Å². The number of benzene rings is 1. The fourth-order valence-corrected chi connectivity index (χ4v) is 2.72. The van der Waals surface area contributed by atoms with Crippen molar-refractivity contribution in [1.82, 2.24) is 9.78 Å². The number of hydrogen-bond donors (Lipinski definition) is 1. The average molecular weight is 323 g/mol. The Morgan fingerprint density at radius 2 is 2.11 bits per heavy atom. The zero-order valence-electron chi connectivity index (χ0n) is 11.1. The summed E-state index contributed by atoms with van der Waals surface area (Å²) in [6, 6.07) is 6.12. The van der Waals surface area contributed by atoms with Gasteiger partial charge in [-0.1, -0.05) is 17.7 Å². The van der Waals surface area contributed by atoms with Gasteiger partial charge in [-0.2, -0.15) is 5.10 Å². The summed E-state index contributed by atoms with van der Waals surface area (Å²) in [6.45, 7) is 6.59. The second-order valence-corrected chi connectivity index (χ2v) is 5.24. The predicted octanol–water partition coefficient (Wildman–Crippen LogP) is 3.65. The molecular formula is C14H15BrN2O2. The number of hydrogen-bond acceptors (Lipinski definition) is 2. The number of aryl methyl sites for hydroxylation is 3. The molecule has 1 heterocycles. The van der Waals surface area contributed by atoms with Crippen molar-refractivity contribution in [1.29, 1.82) is 0 Å². The fourth-order valence-electron chi connectivity index (χ4n) is 2.05. The lowest BCUT2D eigenvalue weighted by molar-refractivity contribution is 0.0688. The first-order valence-corrected chi connectivity index (χ1v) is 6.82. The van der Waals surface area contributed by atoms with Crippen LogP contribution in [0.25, 0.3) is 11.3 Å². The molecule has 0 radical (unpaired) electrons. The summed E-state index contributed by atoms with van der Waals surface area (Å²) >= 11 is 3.37. The van der Waals surface area contributed by atoms with E-state index in [0.29, 0.717) is 11.0 Å². The first kappa shape index (κ1) is 13.8. The number of aromatic nitrogens is 2. The third-order valence-electron chi connectivity index (χ3n) is 3.04. The van der Waals surface area contributed by atoms with Crippen molar-refractivity contribution in [2.24, 2.45) is 0 Å². The van der Waals surface area contributed by atoms with Gasteiger partial charge in [0.05, 0.1) is 10.2 Å². The molecule has 1 aromatic carbocycles. The van der Waals surface area contributed by atoms with E-state index in [4.69, 9.17) is 5.11 Å². The lowest BCUT2D eigenvalue weighted by Gasteiger charge is -2.09. The van der Waals surface area contributed by atoms with Gasteiger partial charge < -0.3 is 5.11 Å². The Balaban J connectivity index is 2.74. The van der Waals surface area contributed by atoms with Crippen LogP contribution in [0.15, 0.2) is 22.7 Å². The van der Waals surface area contributed by atoms with Crippen LogP contribution < -0.4 is 0 Å². The summed E-state index contributed by atoms with van der Waals surface area (Å²) in [4.78, 5) is 11.2. The Kier molecular flexibility index (Phi) is 3.75. The number of carboxylic acids is 1. The molecule has 0 bridgehead atoms. The SMILES string of the molecule is CCn1nc(C(=O)O)c(Br)c1-c1cc(C)ccc1C. The minimum absolute atomic E-state index is 0.0535. The maximum Gasteiger partial charge on any atom is 0.357 e. The van der Waals surface area contributed by atoms with Crippen LogP contribution in [0.3, 0.4) is 0 Å². The van der Waals surface area contributed by atoms with Gasteiger partial charge in [-0.3, -0.25) is 4.68 Å². The molecule has 19 heavy (non-hydrogen) atoms. The van der Waals surface area contributed by atoms with Gasteiger partial charge in [-0.15, -0.1) is 0 Å². The number of carbonyl (C=O) groups is 1. The van der Waals surface area contributed by atoms with Crippen LogP contribution in [0.4, 0.5) is 0 Å². The van der Waals surface area contributed by atoms with Crippen LogP contribution in [0.5, 0.6) is 0 Å². The summed E-state index contributed by atoms with van der Waals surface area (Å²) in [5.74, 6) is -1.02. The van der Waals surface area contributed by atoms with Gasteiger partial charge in [0.2, 0.25) is 0 Å². The minimum atomic E-state index is -1.02. The molecule has 0 atom stereocenters. The number of nitrogens with zero attached hydrogens (tertiary/aromatic N) is 2. The number of halogens is 1. The van der Waals surface area contributed by atoms with E-state index in [1.165, 1.54) is 0 Å². The highest BCUT2D eigenvalue weighted by atomic mass is 79.9. The Morgan fingerprint density at radius 1 is 1.42 bits per heavy atom. The summed E-state index contributed by atoms with van der Waals surface area (Å²) in [5.41, 5.74) is 4.11. The van der Waals surface area contributed by atoms with Crippen molar-refractivity contribution >= 4 is 21.9 Å². The number of aromatic carboxylic acids is 1. The normalized spacial score (nSPS) is 10.7. The summed E-state index contributed by atoms with van der Waals surface area (Å²) < 4.78 is 2.26. The second kappa shape index (κ2) is 5.17. The van der Waals surface area contributed by atoms with Crippen molar-refractivity contribution in [2.75, 3.05) is 0 Å². The van der Waals surface area contributed by atoms with E-state index in [2.05, 4.69) is 27.1 Å². The van der Waals surface area contributed by atoms with Crippen molar-refractivity contribution in [3.05, 3.63) is 39.5 Å². The van der Waals surface area contributed by atoms with Gasteiger partial charge in [0, 0.05) is 12.1 Å². The summed E-state index contributed by atoms with van der Waals surface area (Å²) in [6.07, 6.45) is 0. The van der Waals surface area contributed by atoms with E-state index in [0.717, 1.165) is 22.4 Å². The zero-order valence-corrected chi connectivity index (χ0v) is 12.7. The van der Waals surface area contributed by atoms with E-state index in [1.54, 1.807) is 4.68 Å². The van der Waals surface area contributed by atoms with E-state index < -0.39 is 5.97 Å². The third kappa shape index (κ3) is 2.42. The molecule has 4 nitrogen and oxygen atoms in total. The molecule has 0 fully saturated rings. The molecule has 0 spiro atoms. The molecule has 2 rings (SSSR count). The quantitative estimate of drug-likeness (QED) is 0.938. The Morgan fingerprint density at radius 3 is 2.68 bits per heavy atom. The van der Waals surface area contributed by atoms with Crippen molar-refractivity contribution < 1.29 is 9.90 Å². The molecule has 0 saturated carbocycles. The summed E-state index contributed by atoms with van der Waals surface area (Å²) in [5, 5.41) is 13.3. The van der Waals surface area contributed by atoms with E-state index >= 15 is 0 Å². The largest absolute Gasteiger partial charge is 0.476 e. The van der Waals surface area contributed by atoms with Gasteiger partial charge in [0.1, 0.15) is 0 Å². The average Bonchev–Trinajstić information content (AvgIpc) is 2.69. The van der Waals surface area contributed by atoms with Gasteiger partial charge >= 0.3 is 5.97 Å². The van der Waals surface area contributed by atoms with Gasteiger partial charge in [-0.05, 0) is 48.3 Å². The van der Waals surface area contributed by atoms with Crippen LogP contribution in [0.1, 0.15) is 28.5 Å². The predicted molar refractivity (Wildman–Crippen MR) is 77.5 cm³/mol. The topological polar surface area (TPSA) is 55.1 Å². The van der Waals surface area contributed by atoms with Gasteiger partial charge in [-0.25, -0.2) is 4.79 Å². The molecule has 5 heteroatoms. The molecule has 100 valence electrons. The van der Waals surface area contributed by atoms with Crippen LogP contribution in [-0.4, -0.2) is 20.9 Å². The smallest absolute Gasteiger partial charge is 0.357 e. The highest BCUT2D eigenvalue weighted by Gasteiger charge is 2.22. The zero-order chi connectivity index (χ0) is 14.2. The monoisotopic (exact) mass is 322 g/mol. The van der Waals surface area contributed by atoms with E-state index in [9.17, 15) is 4.79 Å². The van der Waals surface area contributed by atoms with Crippen molar-refractivity contribution in [3.63, 3.8) is 0 Å². The highest BCUT2D eigenvalue weighted by molar-refractivity contribution is 9.10. The maximum atomic E-state index is 11.2. The number of rotatable bonds is 3. The third-order valence-corrected chi connectivity index (χ3v) is 3.80. The van der Waals surface area contributed by atoms with Crippen LogP contribution in [0, 0.1) is 13.8 Å². The highest BCUT2D eigenvalue weighted by Crippen LogP contribution is 2.33. The Hall–Kier alpha value is -1.62.